The molecule has 0 spiro atoms. The van der Waals surface area contributed by atoms with Gasteiger partial charge in [0, 0.05) is 32.4 Å². The van der Waals surface area contributed by atoms with Crippen LogP contribution in [0, 0.1) is 0 Å². The Morgan fingerprint density at radius 1 is 1.15 bits per heavy atom. The smallest absolute Gasteiger partial charge is 0.230 e. The summed E-state index contributed by atoms with van der Waals surface area (Å²) in [6.07, 6.45) is 1.61. The van der Waals surface area contributed by atoms with Crippen LogP contribution in [0.3, 0.4) is 0 Å². The summed E-state index contributed by atoms with van der Waals surface area (Å²) in [6.45, 7) is 6.28. The zero-order chi connectivity index (χ0) is 23.6. The predicted octanol–water partition coefficient (Wildman–Crippen LogP) is 5.21. The average Bonchev–Trinajstić information content (AvgIpc) is 3.21. The van der Waals surface area contributed by atoms with Gasteiger partial charge < -0.3 is 14.6 Å². The molecule has 0 fully saturated rings. The molecule has 1 heterocycles. The van der Waals surface area contributed by atoms with Crippen molar-refractivity contribution in [2.75, 3.05) is 26.0 Å². The van der Waals surface area contributed by atoms with Gasteiger partial charge in [-0.3, -0.25) is 4.79 Å². The molecule has 1 aromatic heterocycles. The quantitative estimate of drug-likeness (QED) is 0.281. The van der Waals surface area contributed by atoms with Crippen LogP contribution in [-0.4, -0.2) is 46.7 Å². The van der Waals surface area contributed by atoms with Gasteiger partial charge in [0.05, 0.1) is 10.8 Å². The molecular formula is C25H31ClN4O2S. The molecule has 0 atom stereocenters. The third-order valence-corrected chi connectivity index (χ3v) is 6.57. The lowest BCUT2D eigenvalue weighted by atomic mass is 10.0. The van der Waals surface area contributed by atoms with Crippen molar-refractivity contribution in [2.45, 2.75) is 44.3 Å². The number of thioether (sulfide) groups is 1. The van der Waals surface area contributed by atoms with Gasteiger partial charge in [-0.1, -0.05) is 73.6 Å². The zero-order valence-corrected chi connectivity index (χ0v) is 21.0. The van der Waals surface area contributed by atoms with Gasteiger partial charge in [0.25, 0.3) is 0 Å². The van der Waals surface area contributed by atoms with Crippen molar-refractivity contribution in [2.24, 2.45) is 0 Å². The van der Waals surface area contributed by atoms with E-state index in [1.54, 1.807) is 7.11 Å². The minimum absolute atomic E-state index is 0.0236. The molecule has 8 heteroatoms. The van der Waals surface area contributed by atoms with Gasteiger partial charge in [-0.15, -0.1) is 10.2 Å². The maximum Gasteiger partial charge on any atom is 0.230 e. The van der Waals surface area contributed by atoms with E-state index in [0.29, 0.717) is 41.6 Å². The fourth-order valence-corrected chi connectivity index (χ4v) is 4.42. The van der Waals surface area contributed by atoms with E-state index in [1.165, 1.54) is 22.9 Å². The summed E-state index contributed by atoms with van der Waals surface area (Å²) < 4.78 is 7.20. The molecule has 1 amide bonds. The van der Waals surface area contributed by atoms with Gasteiger partial charge in [-0.25, -0.2) is 0 Å². The van der Waals surface area contributed by atoms with Crippen molar-refractivity contribution < 1.29 is 9.53 Å². The number of ether oxygens (including phenoxy) is 1. The largest absolute Gasteiger partial charge is 0.385 e. The van der Waals surface area contributed by atoms with E-state index in [1.807, 2.05) is 28.8 Å². The molecule has 0 aliphatic carbocycles. The highest BCUT2D eigenvalue weighted by molar-refractivity contribution is 7.99. The van der Waals surface area contributed by atoms with E-state index in [9.17, 15) is 4.79 Å². The highest BCUT2D eigenvalue weighted by atomic mass is 35.5. The Bertz CT molecular complexity index is 1040. The standard InChI is InChI=1S/C25H31ClN4O2S/c1-18(2)20-11-9-19(10-12-20)13-14-27-23(31)17-33-25-29-28-24(30(25)15-6-16-32-3)21-7-4-5-8-22(21)26/h4-5,7-12,18H,6,13-17H2,1-3H3,(H,27,31). The fraction of sp³-hybridized carbons (Fsp3) is 0.400. The van der Waals surface area contributed by atoms with E-state index >= 15 is 0 Å². The van der Waals surface area contributed by atoms with Crippen LogP contribution in [0.1, 0.15) is 37.3 Å². The molecule has 3 aromatic rings. The first-order valence-electron chi connectivity index (χ1n) is 11.1. The Balaban J connectivity index is 1.57. The second kappa shape index (κ2) is 12.8. The van der Waals surface area contributed by atoms with Crippen LogP contribution in [0.4, 0.5) is 0 Å². The molecule has 0 unspecified atom stereocenters. The van der Waals surface area contributed by atoms with Gasteiger partial charge in [0.2, 0.25) is 5.91 Å². The number of aromatic nitrogens is 3. The summed E-state index contributed by atoms with van der Waals surface area (Å²) in [6, 6.07) is 16.1. The number of nitrogens with one attached hydrogen (secondary N) is 1. The lowest BCUT2D eigenvalue weighted by Crippen LogP contribution is -2.27. The number of benzene rings is 2. The van der Waals surface area contributed by atoms with Gasteiger partial charge in [-0.2, -0.15) is 0 Å². The highest BCUT2D eigenvalue weighted by Crippen LogP contribution is 2.29. The molecule has 0 radical (unpaired) electrons. The highest BCUT2D eigenvalue weighted by Gasteiger charge is 2.17. The van der Waals surface area contributed by atoms with Crippen molar-refractivity contribution >= 4 is 29.3 Å². The molecule has 3 rings (SSSR count). The van der Waals surface area contributed by atoms with Crippen LogP contribution in [0.2, 0.25) is 5.02 Å². The molecule has 0 aliphatic heterocycles. The number of hydrogen-bond donors (Lipinski definition) is 1. The number of nitrogens with zero attached hydrogens (tertiary/aromatic N) is 3. The van der Waals surface area contributed by atoms with Gasteiger partial charge in [0.1, 0.15) is 0 Å². The second-order valence-corrected chi connectivity index (χ2v) is 9.42. The summed E-state index contributed by atoms with van der Waals surface area (Å²) in [5, 5.41) is 13.0. The van der Waals surface area contributed by atoms with Crippen molar-refractivity contribution in [3.8, 4) is 11.4 Å². The van der Waals surface area contributed by atoms with Gasteiger partial charge in [0.15, 0.2) is 11.0 Å². The van der Waals surface area contributed by atoms with E-state index < -0.39 is 0 Å². The monoisotopic (exact) mass is 486 g/mol. The van der Waals surface area contributed by atoms with Crippen molar-refractivity contribution in [1.29, 1.82) is 0 Å². The summed E-state index contributed by atoms with van der Waals surface area (Å²) in [7, 11) is 1.68. The second-order valence-electron chi connectivity index (χ2n) is 8.07. The zero-order valence-electron chi connectivity index (χ0n) is 19.4. The Kier molecular flexibility index (Phi) is 9.78. The Labute approximate surface area is 205 Å². The number of hydrogen-bond acceptors (Lipinski definition) is 5. The van der Waals surface area contributed by atoms with Gasteiger partial charge >= 0.3 is 0 Å². The van der Waals surface area contributed by atoms with Gasteiger partial charge in [-0.05, 0) is 42.0 Å². The molecule has 6 nitrogen and oxygen atoms in total. The summed E-state index contributed by atoms with van der Waals surface area (Å²) >= 11 is 7.76. The van der Waals surface area contributed by atoms with E-state index in [2.05, 4.69) is 53.6 Å². The van der Waals surface area contributed by atoms with Crippen molar-refractivity contribution in [3.05, 3.63) is 64.7 Å². The molecule has 33 heavy (non-hydrogen) atoms. The fourth-order valence-electron chi connectivity index (χ4n) is 3.40. The first-order chi connectivity index (χ1) is 16.0. The number of halogens is 1. The SMILES string of the molecule is COCCCn1c(SCC(=O)NCCc2ccc(C(C)C)cc2)nnc1-c1ccccc1Cl. The average molecular weight is 487 g/mol. The molecule has 176 valence electrons. The number of rotatable bonds is 12. The molecule has 0 bridgehead atoms. The summed E-state index contributed by atoms with van der Waals surface area (Å²) in [4.78, 5) is 12.4. The topological polar surface area (TPSA) is 69.0 Å². The van der Waals surface area contributed by atoms with Crippen LogP contribution in [0.15, 0.2) is 53.7 Å². The Morgan fingerprint density at radius 2 is 1.91 bits per heavy atom. The molecule has 2 aromatic carbocycles. The summed E-state index contributed by atoms with van der Waals surface area (Å²) in [5.41, 5.74) is 3.36. The maximum atomic E-state index is 12.4. The predicted molar refractivity (Wildman–Crippen MR) is 135 cm³/mol. The van der Waals surface area contributed by atoms with Crippen LogP contribution < -0.4 is 5.32 Å². The van der Waals surface area contributed by atoms with E-state index in [0.717, 1.165) is 18.4 Å². The lowest BCUT2D eigenvalue weighted by molar-refractivity contribution is -0.118. The number of amides is 1. The summed E-state index contributed by atoms with van der Waals surface area (Å²) in [5.74, 6) is 1.47. The van der Waals surface area contributed by atoms with Crippen molar-refractivity contribution in [1.82, 2.24) is 20.1 Å². The molecule has 1 N–H and O–H groups in total. The maximum absolute atomic E-state index is 12.4. The molecule has 0 saturated carbocycles. The Morgan fingerprint density at radius 3 is 2.61 bits per heavy atom. The Hall–Kier alpha value is -2.35. The van der Waals surface area contributed by atoms with E-state index in [-0.39, 0.29) is 11.7 Å². The van der Waals surface area contributed by atoms with Crippen LogP contribution in [0.25, 0.3) is 11.4 Å². The number of carbonyl (C=O) groups excluding carboxylic acids is 1. The van der Waals surface area contributed by atoms with Crippen molar-refractivity contribution in [3.63, 3.8) is 0 Å². The normalized spacial score (nSPS) is 11.2. The lowest BCUT2D eigenvalue weighted by Gasteiger charge is -2.11. The third kappa shape index (κ3) is 7.32. The van der Waals surface area contributed by atoms with Crippen LogP contribution in [-0.2, 0) is 22.5 Å². The molecule has 0 saturated heterocycles. The minimum atomic E-state index is -0.0236. The first kappa shape index (κ1) is 25.3. The molecule has 0 aliphatic rings. The van der Waals surface area contributed by atoms with E-state index in [4.69, 9.17) is 16.3 Å². The third-order valence-electron chi connectivity index (χ3n) is 5.28. The molecular weight excluding hydrogens is 456 g/mol. The first-order valence-corrected chi connectivity index (χ1v) is 12.5. The number of carbonyl (C=O) groups is 1. The number of methoxy groups -OCH3 is 1. The van der Waals surface area contributed by atoms with Crippen LogP contribution >= 0.6 is 23.4 Å². The van der Waals surface area contributed by atoms with Crippen LogP contribution in [0.5, 0.6) is 0 Å². The minimum Gasteiger partial charge on any atom is -0.385 e.